The third-order valence-electron chi connectivity index (χ3n) is 2.66. The summed E-state index contributed by atoms with van der Waals surface area (Å²) in [6.45, 7) is 1.68. The highest BCUT2D eigenvalue weighted by molar-refractivity contribution is 5.99. The zero-order valence-electron chi connectivity index (χ0n) is 11.1. The van der Waals surface area contributed by atoms with Gasteiger partial charge in [0.1, 0.15) is 0 Å². The molecule has 1 aromatic carbocycles. The van der Waals surface area contributed by atoms with E-state index in [0.717, 1.165) is 11.6 Å². The zero-order chi connectivity index (χ0) is 15.2. The number of benzene rings is 1. The predicted molar refractivity (Wildman–Crippen MR) is 75.0 cm³/mol. The molecule has 7 heteroatoms. The molecule has 2 rings (SSSR count). The van der Waals surface area contributed by atoms with Gasteiger partial charge in [-0.3, -0.25) is 15.1 Å². The number of pyridine rings is 1. The smallest absolute Gasteiger partial charge is 0.313 e. The van der Waals surface area contributed by atoms with Crippen LogP contribution in [-0.2, 0) is 4.84 Å². The Morgan fingerprint density at radius 3 is 2.62 bits per heavy atom. The van der Waals surface area contributed by atoms with Crippen molar-refractivity contribution in [2.24, 2.45) is 5.16 Å². The van der Waals surface area contributed by atoms with E-state index in [0.29, 0.717) is 5.71 Å². The van der Waals surface area contributed by atoms with E-state index in [2.05, 4.69) is 10.1 Å². The molecule has 0 saturated carbocycles. The maximum Gasteiger partial charge on any atom is 0.365 e. The van der Waals surface area contributed by atoms with Crippen molar-refractivity contribution in [3.8, 4) is 0 Å². The third kappa shape index (κ3) is 3.69. The quantitative estimate of drug-likeness (QED) is 0.372. The second-order valence-electron chi connectivity index (χ2n) is 4.10. The molecule has 2 aromatic rings. The van der Waals surface area contributed by atoms with E-state index in [1.807, 2.05) is 0 Å². The molecule has 0 spiro atoms. The summed E-state index contributed by atoms with van der Waals surface area (Å²) in [6.07, 6.45) is 3.19. The fraction of sp³-hybridized carbons (Fsp3) is 0.0714. The van der Waals surface area contributed by atoms with E-state index in [9.17, 15) is 14.9 Å². The Balaban J connectivity index is 2.12. The van der Waals surface area contributed by atoms with E-state index in [1.165, 1.54) is 18.2 Å². The number of rotatable bonds is 4. The lowest BCUT2D eigenvalue weighted by Crippen LogP contribution is -2.04. The number of non-ortho nitro benzene ring substituents is 1. The summed E-state index contributed by atoms with van der Waals surface area (Å²) in [6, 6.07) is 8.71. The molecule has 1 heterocycles. The SMILES string of the molecule is C/C(=N/OC(=O)c1cccc([N+](=O)[O-])c1)c1ccncc1. The van der Waals surface area contributed by atoms with Gasteiger partial charge < -0.3 is 4.84 Å². The van der Waals surface area contributed by atoms with Crippen molar-refractivity contribution in [1.82, 2.24) is 4.98 Å². The second-order valence-corrected chi connectivity index (χ2v) is 4.10. The van der Waals surface area contributed by atoms with Crippen molar-refractivity contribution < 1.29 is 14.6 Å². The van der Waals surface area contributed by atoms with Gasteiger partial charge in [0.15, 0.2) is 0 Å². The van der Waals surface area contributed by atoms with Gasteiger partial charge in [-0.05, 0) is 25.1 Å². The number of nitro benzene ring substituents is 1. The Bertz CT molecular complexity index is 698. The normalized spacial score (nSPS) is 11.0. The van der Waals surface area contributed by atoms with Crippen LogP contribution < -0.4 is 0 Å². The highest BCUT2D eigenvalue weighted by Crippen LogP contribution is 2.14. The number of carbonyl (C=O) groups excluding carboxylic acids is 1. The van der Waals surface area contributed by atoms with E-state index in [1.54, 1.807) is 31.5 Å². The minimum atomic E-state index is -0.757. The highest BCUT2D eigenvalue weighted by Gasteiger charge is 2.13. The summed E-state index contributed by atoms with van der Waals surface area (Å²) in [7, 11) is 0. The van der Waals surface area contributed by atoms with Crippen LogP contribution in [0.2, 0.25) is 0 Å². The van der Waals surface area contributed by atoms with E-state index in [4.69, 9.17) is 4.84 Å². The first-order valence-electron chi connectivity index (χ1n) is 5.98. The Morgan fingerprint density at radius 1 is 1.24 bits per heavy atom. The van der Waals surface area contributed by atoms with E-state index >= 15 is 0 Å². The van der Waals surface area contributed by atoms with Crippen LogP contribution >= 0.6 is 0 Å². The Morgan fingerprint density at radius 2 is 1.95 bits per heavy atom. The lowest BCUT2D eigenvalue weighted by Gasteiger charge is -2.01. The average molecular weight is 285 g/mol. The van der Waals surface area contributed by atoms with Crippen LogP contribution in [0.25, 0.3) is 0 Å². The maximum absolute atomic E-state index is 11.8. The molecule has 7 nitrogen and oxygen atoms in total. The van der Waals surface area contributed by atoms with Crippen LogP contribution in [0.4, 0.5) is 5.69 Å². The monoisotopic (exact) mass is 285 g/mol. The van der Waals surface area contributed by atoms with Crippen LogP contribution in [0.15, 0.2) is 53.9 Å². The number of carbonyl (C=O) groups is 1. The molecule has 0 N–H and O–H groups in total. The van der Waals surface area contributed by atoms with Gasteiger partial charge in [-0.15, -0.1) is 0 Å². The minimum Gasteiger partial charge on any atom is -0.313 e. The van der Waals surface area contributed by atoms with Crippen molar-refractivity contribution in [1.29, 1.82) is 0 Å². The Labute approximate surface area is 120 Å². The molecule has 0 fully saturated rings. The van der Waals surface area contributed by atoms with Gasteiger partial charge in [0.2, 0.25) is 0 Å². The number of oxime groups is 1. The molecule has 0 aliphatic heterocycles. The van der Waals surface area contributed by atoms with Gasteiger partial charge in [-0.2, -0.15) is 0 Å². The fourth-order valence-corrected chi connectivity index (χ4v) is 1.55. The van der Waals surface area contributed by atoms with Crippen LogP contribution in [0.5, 0.6) is 0 Å². The second kappa shape index (κ2) is 6.38. The molecule has 106 valence electrons. The van der Waals surface area contributed by atoms with E-state index < -0.39 is 10.9 Å². The van der Waals surface area contributed by atoms with Crippen LogP contribution in [0.3, 0.4) is 0 Å². The molecule has 0 aliphatic rings. The number of nitrogens with zero attached hydrogens (tertiary/aromatic N) is 3. The van der Waals surface area contributed by atoms with Crippen LogP contribution in [0, 0.1) is 10.1 Å². The lowest BCUT2D eigenvalue weighted by molar-refractivity contribution is -0.384. The van der Waals surface area contributed by atoms with Crippen molar-refractivity contribution >= 4 is 17.4 Å². The summed E-state index contributed by atoms with van der Waals surface area (Å²) >= 11 is 0. The average Bonchev–Trinajstić information content (AvgIpc) is 2.53. The molecule has 0 aliphatic carbocycles. The van der Waals surface area contributed by atoms with Crippen LogP contribution in [0.1, 0.15) is 22.8 Å². The van der Waals surface area contributed by atoms with Crippen molar-refractivity contribution in [3.63, 3.8) is 0 Å². The minimum absolute atomic E-state index is 0.0653. The molecule has 0 atom stereocenters. The maximum atomic E-state index is 11.8. The highest BCUT2D eigenvalue weighted by atomic mass is 16.7. The Kier molecular flexibility index (Phi) is 4.35. The first-order valence-corrected chi connectivity index (χ1v) is 5.98. The van der Waals surface area contributed by atoms with Gasteiger partial charge in [-0.1, -0.05) is 11.2 Å². The summed E-state index contributed by atoms with van der Waals surface area (Å²) in [5, 5.41) is 14.4. The van der Waals surface area contributed by atoms with Gasteiger partial charge in [0, 0.05) is 30.1 Å². The molecular weight excluding hydrogens is 274 g/mol. The van der Waals surface area contributed by atoms with Gasteiger partial charge in [0.05, 0.1) is 16.2 Å². The third-order valence-corrected chi connectivity index (χ3v) is 2.66. The number of hydrogen-bond donors (Lipinski definition) is 0. The Hall–Kier alpha value is -3.09. The van der Waals surface area contributed by atoms with Gasteiger partial charge in [-0.25, -0.2) is 4.79 Å². The first kappa shape index (κ1) is 14.3. The molecular formula is C14H11N3O4. The number of hydrogen-bond acceptors (Lipinski definition) is 6. The number of nitro groups is 1. The predicted octanol–water partition coefficient (Wildman–Crippen LogP) is 2.57. The molecule has 1 aromatic heterocycles. The summed E-state index contributed by atoms with van der Waals surface area (Å²) in [5.41, 5.74) is 1.14. The van der Waals surface area contributed by atoms with Gasteiger partial charge in [0.25, 0.3) is 5.69 Å². The van der Waals surface area contributed by atoms with Crippen molar-refractivity contribution in [3.05, 3.63) is 70.0 Å². The summed E-state index contributed by atoms with van der Waals surface area (Å²) in [4.78, 5) is 30.5. The first-order chi connectivity index (χ1) is 10.1. The van der Waals surface area contributed by atoms with Crippen LogP contribution in [-0.4, -0.2) is 21.6 Å². The molecule has 0 radical (unpaired) electrons. The topological polar surface area (TPSA) is 94.7 Å². The van der Waals surface area contributed by atoms with Crippen molar-refractivity contribution in [2.45, 2.75) is 6.92 Å². The lowest BCUT2D eigenvalue weighted by atomic mass is 10.2. The number of aromatic nitrogens is 1. The largest absolute Gasteiger partial charge is 0.365 e. The zero-order valence-corrected chi connectivity index (χ0v) is 11.1. The van der Waals surface area contributed by atoms with E-state index in [-0.39, 0.29) is 11.3 Å². The summed E-state index contributed by atoms with van der Waals surface area (Å²) < 4.78 is 0. The standard InChI is InChI=1S/C14H11N3O4/c1-10(11-5-7-15-8-6-11)16-21-14(18)12-3-2-4-13(9-12)17(19)20/h2-9H,1H3/b16-10-. The van der Waals surface area contributed by atoms with Gasteiger partial charge >= 0.3 is 5.97 Å². The fourth-order valence-electron chi connectivity index (χ4n) is 1.55. The molecule has 0 bridgehead atoms. The summed E-state index contributed by atoms with van der Waals surface area (Å²) in [5.74, 6) is -0.757. The molecule has 0 saturated heterocycles. The van der Waals surface area contributed by atoms with Crippen molar-refractivity contribution in [2.75, 3.05) is 0 Å². The molecule has 0 amide bonds. The molecule has 21 heavy (non-hydrogen) atoms. The molecule has 0 unspecified atom stereocenters.